The van der Waals surface area contributed by atoms with Crippen molar-refractivity contribution >= 4 is 35.5 Å². The molecule has 1 aliphatic heterocycles. The third-order valence-electron chi connectivity index (χ3n) is 4.97. The van der Waals surface area contributed by atoms with E-state index >= 15 is 0 Å². The van der Waals surface area contributed by atoms with E-state index in [9.17, 15) is 14.4 Å². The van der Waals surface area contributed by atoms with E-state index in [0.29, 0.717) is 43.2 Å². The molecule has 0 aromatic heterocycles. The highest BCUT2D eigenvalue weighted by molar-refractivity contribution is 5.94. The number of anilines is 1. The number of nitrogens with zero attached hydrogens (tertiary/aromatic N) is 2. The minimum atomic E-state index is -0.515. The number of esters is 1. The molecular formula is C23H26N6O4. The quantitative estimate of drug-likeness (QED) is 0.160. The maximum Gasteiger partial charge on any atom is 0.343 e. The number of hydrogen-bond donors (Lipinski definition) is 4. The molecule has 1 saturated heterocycles. The van der Waals surface area contributed by atoms with Crippen LogP contribution in [0.4, 0.5) is 5.69 Å². The van der Waals surface area contributed by atoms with E-state index in [2.05, 4.69) is 5.32 Å². The number of primary amides is 1. The first-order chi connectivity index (χ1) is 15.8. The summed E-state index contributed by atoms with van der Waals surface area (Å²) in [6.45, 7) is 2.50. The Hall–Kier alpha value is -4.18. The van der Waals surface area contributed by atoms with Gasteiger partial charge in [-0.25, -0.2) is 4.79 Å². The van der Waals surface area contributed by atoms with Gasteiger partial charge in [0.2, 0.25) is 11.8 Å². The highest BCUT2D eigenvalue weighted by atomic mass is 16.5. The Morgan fingerprint density at radius 2 is 1.61 bits per heavy atom. The summed E-state index contributed by atoms with van der Waals surface area (Å²) in [7, 11) is 0. The number of benzene rings is 2. The van der Waals surface area contributed by atoms with Crippen LogP contribution in [0.2, 0.25) is 0 Å². The molecule has 3 rings (SSSR count). The molecule has 172 valence electrons. The zero-order chi connectivity index (χ0) is 23.8. The number of nitrogens with two attached hydrogens (primary N) is 2. The average molecular weight is 450 g/mol. The molecule has 0 atom stereocenters. The number of carbonyl (C=O) groups is 3. The molecule has 0 spiro atoms. The first-order valence-electron chi connectivity index (χ1n) is 10.3. The van der Waals surface area contributed by atoms with E-state index < -0.39 is 5.97 Å². The Kier molecular flexibility index (Phi) is 7.77. The molecule has 0 bridgehead atoms. The van der Waals surface area contributed by atoms with Crippen molar-refractivity contribution in [3.63, 3.8) is 0 Å². The van der Waals surface area contributed by atoms with Gasteiger partial charge in [-0.2, -0.15) is 0 Å². The van der Waals surface area contributed by atoms with Gasteiger partial charge in [0, 0.05) is 37.9 Å². The molecule has 2 aromatic carbocycles. The molecule has 10 nitrogen and oxygen atoms in total. The Morgan fingerprint density at radius 3 is 2.18 bits per heavy atom. The van der Waals surface area contributed by atoms with Crippen molar-refractivity contribution in [3.8, 4) is 5.75 Å². The fraction of sp³-hybridized carbons (Fsp3) is 0.217. The maximum atomic E-state index is 12.4. The largest absolute Gasteiger partial charge is 0.423 e. The van der Waals surface area contributed by atoms with Gasteiger partial charge in [-0.15, -0.1) is 0 Å². The van der Waals surface area contributed by atoms with E-state index in [-0.39, 0.29) is 24.3 Å². The smallest absolute Gasteiger partial charge is 0.343 e. The lowest BCUT2D eigenvalue weighted by Gasteiger charge is -2.33. The summed E-state index contributed by atoms with van der Waals surface area (Å²) in [5.41, 5.74) is 12.2. The van der Waals surface area contributed by atoms with Crippen LogP contribution in [-0.2, 0) is 9.59 Å². The molecule has 2 amide bonds. The van der Waals surface area contributed by atoms with Gasteiger partial charge in [-0.3, -0.25) is 19.9 Å². The van der Waals surface area contributed by atoms with Crippen molar-refractivity contribution in [3.05, 3.63) is 65.7 Å². The van der Waals surface area contributed by atoms with Crippen molar-refractivity contribution in [2.24, 2.45) is 11.5 Å². The maximum absolute atomic E-state index is 12.4. The van der Waals surface area contributed by atoms with Gasteiger partial charge in [0.05, 0.1) is 12.1 Å². The summed E-state index contributed by atoms with van der Waals surface area (Å²) in [5, 5.41) is 9.83. The number of hydrogen-bond acceptors (Lipinski definition) is 6. The normalized spacial score (nSPS) is 14.1. The Balaban J connectivity index is 1.50. The molecule has 10 heteroatoms. The Morgan fingerprint density at radius 1 is 0.970 bits per heavy atom. The Labute approximate surface area is 191 Å². The first-order valence-corrected chi connectivity index (χ1v) is 10.3. The average Bonchev–Trinajstić information content (AvgIpc) is 2.78. The summed E-state index contributed by atoms with van der Waals surface area (Å²) in [6, 6.07) is 13.2. The van der Waals surface area contributed by atoms with Crippen LogP contribution in [0.5, 0.6) is 5.75 Å². The predicted octanol–water partition coefficient (Wildman–Crippen LogP) is 0.854. The van der Waals surface area contributed by atoms with Gasteiger partial charge >= 0.3 is 5.97 Å². The molecule has 1 aliphatic rings. The van der Waals surface area contributed by atoms with E-state index in [1.807, 2.05) is 4.90 Å². The molecule has 0 unspecified atom stereocenters. The SMILES string of the molecule is N=C(N)Nc1ccc(C(=O)Oc2ccc(C=CC(=O)N3CCN(CC(N)=O)CC3)cc2)cc1. The molecule has 0 radical (unpaired) electrons. The second kappa shape index (κ2) is 10.9. The number of rotatable bonds is 7. The molecule has 1 fully saturated rings. The van der Waals surface area contributed by atoms with Crippen molar-refractivity contribution in [1.29, 1.82) is 5.41 Å². The van der Waals surface area contributed by atoms with Gasteiger partial charge in [-0.05, 0) is 48.0 Å². The lowest BCUT2D eigenvalue weighted by atomic mass is 10.2. The van der Waals surface area contributed by atoms with Crippen LogP contribution in [0.25, 0.3) is 6.08 Å². The summed E-state index contributed by atoms with van der Waals surface area (Å²) in [5.74, 6) is -0.808. The number of carbonyl (C=O) groups excluding carboxylic acids is 3. The highest BCUT2D eigenvalue weighted by Crippen LogP contribution is 2.17. The van der Waals surface area contributed by atoms with Crippen LogP contribution in [0, 0.1) is 5.41 Å². The lowest BCUT2D eigenvalue weighted by Crippen LogP contribution is -2.50. The zero-order valence-corrected chi connectivity index (χ0v) is 18.0. The molecule has 0 aliphatic carbocycles. The molecule has 33 heavy (non-hydrogen) atoms. The van der Waals surface area contributed by atoms with Gasteiger partial charge in [0.1, 0.15) is 5.75 Å². The fourth-order valence-electron chi connectivity index (χ4n) is 3.28. The first kappa shape index (κ1) is 23.5. The van der Waals surface area contributed by atoms with Crippen molar-refractivity contribution in [1.82, 2.24) is 9.80 Å². The summed E-state index contributed by atoms with van der Waals surface area (Å²) in [4.78, 5) is 39.3. The monoisotopic (exact) mass is 450 g/mol. The second-order valence-corrected chi connectivity index (χ2v) is 7.48. The number of amides is 2. The third-order valence-corrected chi connectivity index (χ3v) is 4.97. The summed E-state index contributed by atoms with van der Waals surface area (Å²) in [6.07, 6.45) is 3.20. The zero-order valence-electron chi connectivity index (χ0n) is 18.0. The highest BCUT2D eigenvalue weighted by Gasteiger charge is 2.20. The Bertz CT molecular complexity index is 1040. The van der Waals surface area contributed by atoms with Gasteiger partial charge in [-0.1, -0.05) is 12.1 Å². The topological polar surface area (TPSA) is 155 Å². The van der Waals surface area contributed by atoms with Crippen LogP contribution in [0.3, 0.4) is 0 Å². The molecular weight excluding hydrogens is 424 g/mol. The van der Waals surface area contributed by atoms with Crippen LogP contribution in [0.1, 0.15) is 15.9 Å². The van der Waals surface area contributed by atoms with Crippen molar-refractivity contribution in [2.75, 3.05) is 38.0 Å². The van der Waals surface area contributed by atoms with E-state index in [4.69, 9.17) is 21.6 Å². The molecule has 0 saturated carbocycles. The van der Waals surface area contributed by atoms with Crippen LogP contribution >= 0.6 is 0 Å². The van der Waals surface area contributed by atoms with Crippen molar-refractivity contribution in [2.45, 2.75) is 0 Å². The predicted molar refractivity (Wildman–Crippen MR) is 125 cm³/mol. The minimum Gasteiger partial charge on any atom is -0.423 e. The fourth-order valence-corrected chi connectivity index (χ4v) is 3.28. The van der Waals surface area contributed by atoms with Crippen molar-refractivity contribution < 1.29 is 19.1 Å². The van der Waals surface area contributed by atoms with E-state index in [1.54, 1.807) is 59.5 Å². The standard InChI is InChI=1S/C23H26N6O4/c24-20(30)15-28-11-13-29(14-12-28)21(31)10-3-16-1-8-19(9-2-16)33-22(32)17-4-6-18(7-5-17)27-23(25)26/h1-10H,11-15H2,(H2,24,30)(H4,25,26,27). The van der Waals surface area contributed by atoms with Crippen LogP contribution in [-0.4, -0.2) is 66.3 Å². The second-order valence-electron chi connectivity index (χ2n) is 7.48. The molecule has 1 heterocycles. The number of piperazine rings is 1. The number of nitrogens with one attached hydrogen (secondary N) is 2. The van der Waals surface area contributed by atoms with Gasteiger partial charge in [0.15, 0.2) is 5.96 Å². The van der Waals surface area contributed by atoms with E-state index in [1.165, 1.54) is 6.08 Å². The summed E-state index contributed by atoms with van der Waals surface area (Å²) >= 11 is 0. The third kappa shape index (κ3) is 7.18. The number of ether oxygens (including phenoxy) is 1. The van der Waals surface area contributed by atoms with Crippen LogP contribution < -0.4 is 21.5 Å². The van der Waals surface area contributed by atoms with Crippen LogP contribution in [0.15, 0.2) is 54.6 Å². The van der Waals surface area contributed by atoms with Gasteiger partial charge in [0.25, 0.3) is 0 Å². The van der Waals surface area contributed by atoms with E-state index in [0.717, 1.165) is 5.56 Å². The lowest BCUT2D eigenvalue weighted by molar-refractivity contribution is -0.128. The van der Waals surface area contributed by atoms with Gasteiger partial charge < -0.3 is 26.4 Å². The minimum absolute atomic E-state index is 0.105. The number of guanidine groups is 1. The molecule has 6 N–H and O–H groups in total. The summed E-state index contributed by atoms with van der Waals surface area (Å²) < 4.78 is 5.37. The molecule has 2 aromatic rings.